The van der Waals surface area contributed by atoms with Crippen LogP contribution in [0.1, 0.15) is 81.3 Å². The van der Waals surface area contributed by atoms with Gasteiger partial charge in [0.25, 0.3) is 44.5 Å². The molecule has 14 aromatic carbocycles. The molecule has 416 valence electrons. The van der Waals surface area contributed by atoms with E-state index in [2.05, 4.69) is 83.7 Å². The Morgan fingerprint density at radius 3 is 1.06 bits per heavy atom. The molecule has 0 radical (unpaired) electrons. The van der Waals surface area contributed by atoms with Gasteiger partial charge >= 0.3 is 0 Å². The molecule has 86 heavy (non-hydrogen) atoms. The molecular weight excluding hydrogens is 1070 g/mol. The molecule has 0 spiro atoms. The Kier molecular flexibility index (Phi) is 9.07. The van der Waals surface area contributed by atoms with Crippen LogP contribution < -0.4 is 44.5 Å². The monoisotopic (exact) mass is 1120 g/mol. The molecule has 18 rings (SSSR count). The quantitative estimate of drug-likeness (QED) is 0.0686. The third-order valence-corrected chi connectivity index (χ3v) is 20.6. The lowest BCUT2D eigenvalue weighted by Gasteiger charge is -2.36. The fourth-order valence-corrected chi connectivity index (χ4v) is 16.7. The van der Waals surface area contributed by atoms with Crippen LogP contribution in [0.15, 0.2) is 160 Å². The van der Waals surface area contributed by atoms with E-state index in [-0.39, 0.29) is 38.0 Å². The number of pyridine rings is 4. The molecule has 0 amide bonds. The van der Waals surface area contributed by atoms with E-state index in [0.717, 1.165) is 22.1 Å². The van der Waals surface area contributed by atoms with Crippen LogP contribution in [0, 0.1) is 11.8 Å². The minimum Gasteiger partial charge on any atom is -0.288 e. The summed E-state index contributed by atoms with van der Waals surface area (Å²) in [6, 6.07) is 38.6. The largest absolute Gasteiger partial charge is 0.288 e. The van der Waals surface area contributed by atoms with Crippen molar-refractivity contribution in [3.8, 4) is 11.8 Å². The van der Waals surface area contributed by atoms with Crippen LogP contribution in [0.25, 0.3) is 162 Å². The molecule has 0 aliphatic rings. The van der Waals surface area contributed by atoms with Crippen molar-refractivity contribution >= 4 is 162 Å². The van der Waals surface area contributed by atoms with Crippen molar-refractivity contribution in [2.24, 2.45) is 0 Å². The van der Waals surface area contributed by atoms with Crippen LogP contribution in [0.2, 0.25) is 0 Å². The smallest absolute Gasteiger partial charge is 0.258 e. The fraction of sp³-hybridized carbons (Fsp3) is 0.135. The molecule has 0 unspecified atom stereocenters. The number of hydrogen-bond donors (Lipinski definition) is 4. The number of aromatic amines is 4. The van der Waals surface area contributed by atoms with Crippen LogP contribution >= 0.6 is 0 Å². The van der Waals surface area contributed by atoms with Gasteiger partial charge in [0, 0.05) is 92.1 Å². The number of nitrogens with one attached hydrogen (secondary N) is 4. The van der Waals surface area contributed by atoms with Crippen molar-refractivity contribution in [3.63, 3.8) is 0 Å². The van der Waals surface area contributed by atoms with Crippen molar-refractivity contribution in [3.05, 3.63) is 226 Å². The highest BCUT2D eigenvalue weighted by molar-refractivity contribution is 6.57. The molecular formula is C74H52N4O8. The Bertz CT molecular complexity index is 6710. The average Bonchev–Trinajstić information content (AvgIpc) is 0.655. The van der Waals surface area contributed by atoms with Crippen molar-refractivity contribution in [2.75, 3.05) is 0 Å². The molecule has 0 fully saturated rings. The normalized spacial score (nSPS) is 13.1. The fourth-order valence-electron chi connectivity index (χ4n) is 16.7. The summed E-state index contributed by atoms with van der Waals surface area (Å²) in [7, 11) is 0. The maximum absolute atomic E-state index is 15.0. The molecule has 12 nitrogen and oxygen atoms in total. The van der Waals surface area contributed by atoms with Gasteiger partial charge in [-0.15, -0.1) is 0 Å². The summed E-state index contributed by atoms with van der Waals surface area (Å²) in [5, 5.41) is 15.2. The van der Waals surface area contributed by atoms with E-state index in [0.29, 0.717) is 155 Å². The third-order valence-electron chi connectivity index (χ3n) is 20.6. The Balaban J connectivity index is 0.00000177. The lowest BCUT2D eigenvalue weighted by molar-refractivity contribution is 0.483. The SMILES string of the molecule is CCC(C#Cc1cc2c(=O)[nH]c(=O)c3cc4c5c6cc7c(=O)[nH]c(=O)c8ccc9c%10c(C(CC)(CC)c%11ccccc%11)cc%11c(=O)[nH]c(=O)c%12cc(c5c5cc%13c(=O)[nH]c(=O)c%14ccc%15c1c(c23)c4c5c%15c%14%13)c(c6c9c87)c%10c%11%12)(CC)c1ccccc1.[HH].[HH].[HH].[HH]. The van der Waals surface area contributed by atoms with E-state index in [1.165, 1.54) is 0 Å². The van der Waals surface area contributed by atoms with E-state index in [4.69, 9.17) is 0 Å². The predicted octanol–water partition coefficient (Wildman–Crippen LogP) is 13.9. The number of rotatable bonds is 7. The molecule has 4 N–H and O–H groups in total. The van der Waals surface area contributed by atoms with Crippen molar-refractivity contribution in [2.45, 2.75) is 64.2 Å². The molecule has 0 atom stereocenters. The minimum absolute atomic E-state index is 0. The van der Waals surface area contributed by atoms with Gasteiger partial charge in [-0.3, -0.25) is 58.3 Å². The summed E-state index contributed by atoms with van der Waals surface area (Å²) in [5.74, 6) is 7.34. The lowest BCUT2D eigenvalue weighted by Crippen LogP contribution is -2.28. The van der Waals surface area contributed by atoms with Gasteiger partial charge in [0.05, 0.1) is 5.41 Å². The number of H-pyrrole nitrogens is 4. The van der Waals surface area contributed by atoms with Gasteiger partial charge in [-0.1, -0.05) is 112 Å². The zero-order chi connectivity index (χ0) is 58.5. The van der Waals surface area contributed by atoms with Gasteiger partial charge in [-0.2, -0.15) is 0 Å². The lowest BCUT2D eigenvalue weighted by atomic mass is 9.67. The highest BCUT2D eigenvalue weighted by Crippen LogP contribution is 2.59. The molecule has 0 bridgehead atoms. The van der Waals surface area contributed by atoms with E-state index < -0.39 is 55.3 Å². The molecule has 4 aromatic heterocycles. The summed E-state index contributed by atoms with van der Waals surface area (Å²) < 4.78 is 0. The Labute approximate surface area is 487 Å². The van der Waals surface area contributed by atoms with E-state index in [9.17, 15) is 38.4 Å². The molecule has 0 saturated carbocycles. The third kappa shape index (κ3) is 5.49. The highest BCUT2D eigenvalue weighted by atomic mass is 16.2. The van der Waals surface area contributed by atoms with E-state index in [1.54, 1.807) is 18.2 Å². The summed E-state index contributed by atoms with van der Waals surface area (Å²) in [4.78, 5) is 128. The summed E-state index contributed by atoms with van der Waals surface area (Å²) in [6.45, 7) is 8.47. The van der Waals surface area contributed by atoms with E-state index in [1.807, 2.05) is 78.9 Å². The Morgan fingerprint density at radius 2 is 0.628 bits per heavy atom. The van der Waals surface area contributed by atoms with Crippen molar-refractivity contribution in [1.29, 1.82) is 0 Å². The predicted molar refractivity (Wildman–Crippen MR) is 358 cm³/mol. The van der Waals surface area contributed by atoms with Crippen LogP contribution in [0.5, 0.6) is 0 Å². The molecule has 4 heterocycles. The first kappa shape index (κ1) is 48.6. The zero-order valence-corrected chi connectivity index (χ0v) is 46.6. The number of fused-ring (bicyclic) bond motifs is 7. The molecule has 12 heteroatoms. The first-order valence-corrected chi connectivity index (χ1v) is 29.2. The second-order valence-electron chi connectivity index (χ2n) is 23.8. The van der Waals surface area contributed by atoms with Crippen molar-refractivity contribution < 1.29 is 5.71 Å². The minimum atomic E-state index is -0.716. The topological polar surface area (TPSA) is 200 Å². The van der Waals surface area contributed by atoms with Gasteiger partial charge in [0.1, 0.15) is 0 Å². The standard InChI is InChI=1S/C74H44N4O8.4H2/c1-5-73(6-2,32-15-11-9-12-16-32)24-23-31-25-42-54-45(70(84)77-67(42)81)28-40-52-39-27-44-51-37(66(80)76-69(44)83)22-20-35-56-48(74(7-3,8-4)33-17-13-10-14-18-33)30-47-55-46(71(85)78-72(47)86)29-41(62(64(55)56)60(39)58(35)51)53(52)38-26-43-50-36(65(79)75-68(43)82)21-19-34-49(31)63(54)61(40)59(38)57(34)50;;;;/h9-22,25-30H,5-8H2,1-4H3,(H,75,79,82)(H,76,80,83)(H,77,81,84)(H,78,85,86);4*1H. The maximum atomic E-state index is 15.0. The molecule has 0 aliphatic carbocycles. The van der Waals surface area contributed by atoms with Crippen LogP contribution in [0.4, 0.5) is 0 Å². The summed E-state index contributed by atoms with van der Waals surface area (Å²) >= 11 is 0. The summed E-state index contributed by atoms with van der Waals surface area (Å²) in [6.07, 6.45) is 2.56. The summed E-state index contributed by atoms with van der Waals surface area (Å²) in [5.41, 5.74) is -2.61. The van der Waals surface area contributed by atoms with Crippen LogP contribution in [-0.4, -0.2) is 19.9 Å². The van der Waals surface area contributed by atoms with Crippen LogP contribution in [-0.2, 0) is 10.8 Å². The van der Waals surface area contributed by atoms with Gasteiger partial charge in [-0.05, 0) is 177 Å². The Hall–Kier alpha value is -10.9. The number of hydrogen-bond acceptors (Lipinski definition) is 8. The van der Waals surface area contributed by atoms with Gasteiger partial charge in [-0.25, -0.2) is 0 Å². The molecule has 0 saturated heterocycles. The first-order valence-electron chi connectivity index (χ1n) is 29.2. The van der Waals surface area contributed by atoms with Crippen LogP contribution in [0.3, 0.4) is 0 Å². The van der Waals surface area contributed by atoms with Gasteiger partial charge in [0.15, 0.2) is 0 Å². The number of aromatic nitrogens is 4. The molecule has 18 aromatic rings. The first-order chi connectivity index (χ1) is 41.8. The van der Waals surface area contributed by atoms with Gasteiger partial charge in [0.2, 0.25) is 0 Å². The van der Waals surface area contributed by atoms with E-state index >= 15 is 0 Å². The van der Waals surface area contributed by atoms with Crippen molar-refractivity contribution in [1.82, 2.24) is 19.9 Å². The average molecular weight is 1130 g/mol. The number of benzene rings is 14. The highest BCUT2D eigenvalue weighted by Gasteiger charge is 2.38. The maximum Gasteiger partial charge on any atom is 0.258 e. The zero-order valence-electron chi connectivity index (χ0n) is 46.6. The second kappa shape index (κ2) is 16.0. The second-order valence-corrected chi connectivity index (χ2v) is 23.8. The molecule has 0 aliphatic heterocycles. The Morgan fingerprint density at radius 1 is 0.302 bits per heavy atom. The van der Waals surface area contributed by atoms with Gasteiger partial charge < -0.3 is 0 Å².